The average Bonchev–Trinajstić information content (AvgIpc) is 2.46. The second-order valence-electron chi connectivity index (χ2n) is 5.51. The highest BCUT2D eigenvalue weighted by Crippen LogP contribution is 2.24. The maximum atomic E-state index is 3.51. The van der Waals surface area contributed by atoms with Crippen LogP contribution in [-0.4, -0.2) is 31.1 Å². The van der Waals surface area contributed by atoms with Crippen LogP contribution >= 0.6 is 15.9 Å². The summed E-state index contributed by atoms with van der Waals surface area (Å²) in [6.45, 7) is 9.34. The van der Waals surface area contributed by atoms with Gasteiger partial charge < -0.3 is 5.32 Å². The predicted molar refractivity (Wildman–Crippen MR) is 85.4 cm³/mol. The smallest absolute Gasteiger partial charge is 0.0319 e. The first-order valence-corrected chi connectivity index (χ1v) is 8.20. The van der Waals surface area contributed by atoms with Crippen LogP contribution in [0.15, 0.2) is 28.7 Å². The van der Waals surface area contributed by atoms with Gasteiger partial charge in [-0.1, -0.05) is 35.0 Å². The fourth-order valence-electron chi connectivity index (χ4n) is 2.91. The van der Waals surface area contributed by atoms with Crippen molar-refractivity contribution in [3.8, 4) is 0 Å². The van der Waals surface area contributed by atoms with Crippen LogP contribution in [0.1, 0.15) is 38.3 Å². The summed E-state index contributed by atoms with van der Waals surface area (Å²) in [5.74, 6) is 0.860. The Morgan fingerprint density at radius 2 is 1.89 bits per heavy atom. The van der Waals surface area contributed by atoms with Gasteiger partial charge in [-0.3, -0.25) is 4.90 Å². The van der Waals surface area contributed by atoms with E-state index < -0.39 is 0 Å². The Hall–Kier alpha value is -0.380. The number of rotatable bonds is 5. The molecule has 1 atom stereocenters. The van der Waals surface area contributed by atoms with Gasteiger partial charge in [-0.15, -0.1) is 0 Å². The molecule has 1 heterocycles. The molecule has 3 heteroatoms. The van der Waals surface area contributed by atoms with Crippen LogP contribution < -0.4 is 5.32 Å². The second kappa shape index (κ2) is 7.41. The van der Waals surface area contributed by atoms with Crippen LogP contribution in [0.4, 0.5) is 0 Å². The lowest BCUT2D eigenvalue weighted by Crippen LogP contribution is -2.37. The van der Waals surface area contributed by atoms with Crippen LogP contribution in [-0.2, 0) is 0 Å². The summed E-state index contributed by atoms with van der Waals surface area (Å²) >= 11 is 3.51. The van der Waals surface area contributed by atoms with Gasteiger partial charge in [0.25, 0.3) is 0 Å². The standard InChI is InChI=1S/C16H25BrN2/c1-3-19(12-14-8-10-18-11-9-14)13(2)15-4-6-16(17)7-5-15/h4-7,13-14,18H,3,8-12H2,1-2H3. The Balaban J connectivity index is 1.97. The van der Waals surface area contributed by atoms with Gasteiger partial charge in [-0.25, -0.2) is 0 Å². The fraction of sp³-hybridized carbons (Fsp3) is 0.625. The topological polar surface area (TPSA) is 15.3 Å². The van der Waals surface area contributed by atoms with Crippen LogP contribution in [0.2, 0.25) is 0 Å². The maximum absolute atomic E-state index is 3.51. The van der Waals surface area contributed by atoms with Crippen LogP contribution in [0.3, 0.4) is 0 Å². The summed E-state index contributed by atoms with van der Waals surface area (Å²) in [5.41, 5.74) is 1.42. The highest BCUT2D eigenvalue weighted by Gasteiger charge is 2.20. The van der Waals surface area contributed by atoms with E-state index in [0.29, 0.717) is 6.04 Å². The zero-order valence-corrected chi connectivity index (χ0v) is 13.6. The number of benzene rings is 1. The highest BCUT2D eigenvalue weighted by atomic mass is 79.9. The van der Waals surface area contributed by atoms with E-state index in [2.05, 4.69) is 64.3 Å². The molecule has 1 aromatic rings. The largest absolute Gasteiger partial charge is 0.317 e. The van der Waals surface area contributed by atoms with E-state index in [1.165, 1.54) is 38.0 Å². The molecule has 0 bridgehead atoms. The van der Waals surface area contributed by atoms with Crippen molar-refractivity contribution in [2.75, 3.05) is 26.2 Å². The molecular weight excluding hydrogens is 300 g/mol. The summed E-state index contributed by atoms with van der Waals surface area (Å²) in [6, 6.07) is 9.27. The minimum absolute atomic E-state index is 0.507. The molecule has 0 aliphatic carbocycles. The number of halogens is 1. The van der Waals surface area contributed by atoms with E-state index in [1.807, 2.05) is 0 Å². The van der Waals surface area contributed by atoms with Crippen LogP contribution in [0, 0.1) is 5.92 Å². The minimum Gasteiger partial charge on any atom is -0.317 e. The van der Waals surface area contributed by atoms with E-state index in [0.717, 1.165) is 16.9 Å². The van der Waals surface area contributed by atoms with Crippen molar-refractivity contribution in [3.63, 3.8) is 0 Å². The van der Waals surface area contributed by atoms with Gasteiger partial charge in [0.1, 0.15) is 0 Å². The molecule has 1 saturated heterocycles. The molecule has 0 saturated carbocycles. The molecule has 1 fully saturated rings. The van der Waals surface area contributed by atoms with Gasteiger partial charge in [-0.2, -0.15) is 0 Å². The Labute approximate surface area is 125 Å². The van der Waals surface area contributed by atoms with Gasteiger partial charge in [0.2, 0.25) is 0 Å². The van der Waals surface area contributed by atoms with Crippen molar-refractivity contribution in [3.05, 3.63) is 34.3 Å². The van der Waals surface area contributed by atoms with Crippen molar-refractivity contribution < 1.29 is 0 Å². The van der Waals surface area contributed by atoms with Crippen molar-refractivity contribution in [1.82, 2.24) is 10.2 Å². The molecule has 1 unspecified atom stereocenters. The molecule has 1 aromatic carbocycles. The first kappa shape index (κ1) is 15.0. The van der Waals surface area contributed by atoms with Gasteiger partial charge in [-0.05, 0) is 63.0 Å². The molecule has 1 aliphatic heterocycles. The molecule has 19 heavy (non-hydrogen) atoms. The van der Waals surface area contributed by atoms with E-state index in [1.54, 1.807) is 0 Å². The Bertz CT molecular complexity index is 371. The molecule has 0 spiro atoms. The molecule has 0 amide bonds. The Morgan fingerprint density at radius 1 is 1.26 bits per heavy atom. The van der Waals surface area contributed by atoms with E-state index in [9.17, 15) is 0 Å². The zero-order valence-electron chi connectivity index (χ0n) is 12.0. The third-order valence-corrected chi connectivity index (χ3v) is 4.79. The predicted octanol–water partition coefficient (Wildman–Crippen LogP) is 3.83. The summed E-state index contributed by atoms with van der Waals surface area (Å²) in [5, 5.41) is 3.45. The highest BCUT2D eigenvalue weighted by molar-refractivity contribution is 9.10. The van der Waals surface area contributed by atoms with Crippen LogP contribution in [0.5, 0.6) is 0 Å². The summed E-state index contributed by atoms with van der Waals surface area (Å²) in [4.78, 5) is 2.61. The summed E-state index contributed by atoms with van der Waals surface area (Å²) in [6.07, 6.45) is 2.65. The lowest BCUT2D eigenvalue weighted by Gasteiger charge is -2.33. The summed E-state index contributed by atoms with van der Waals surface area (Å²) in [7, 11) is 0. The van der Waals surface area contributed by atoms with Crippen molar-refractivity contribution in [1.29, 1.82) is 0 Å². The van der Waals surface area contributed by atoms with E-state index in [-0.39, 0.29) is 0 Å². The normalized spacial score (nSPS) is 18.7. The van der Waals surface area contributed by atoms with Gasteiger partial charge in [0.15, 0.2) is 0 Å². The molecule has 1 aliphatic rings. The lowest BCUT2D eigenvalue weighted by molar-refractivity contribution is 0.169. The molecule has 106 valence electrons. The Morgan fingerprint density at radius 3 is 2.47 bits per heavy atom. The summed E-state index contributed by atoms with van der Waals surface area (Å²) < 4.78 is 1.16. The number of nitrogens with zero attached hydrogens (tertiary/aromatic N) is 1. The van der Waals surface area contributed by atoms with Gasteiger partial charge in [0, 0.05) is 17.1 Å². The lowest BCUT2D eigenvalue weighted by atomic mass is 9.96. The molecule has 0 aromatic heterocycles. The van der Waals surface area contributed by atoms with E-state index in [4.69, 9.17) is 0 Å². The Kier molecular flexibility index (Phi) is 5.86. The average molecular weight is 325 g/mol. The van der Waals surface area contributed by atoms with Crippen molar-refractivity contribution in [2.24, 2.45) is 5.92 Å². The maximum Gasteiger partial charge on any atom is 0.0319 e. The number of hydrogen-bond donors (Lipinski definition) is 1. The molecule has 1 N–H and O–H groups in total. The quantitative estimate of drug-likeness (QED) is 0.885. The van der Waals surface area contributed by atoms with Gasteiger partial charge in [0.05, 0.1) is 0 Å². The fourth-order valence-corrected chi connectivity index (χ4v) is 3.17. The molecule has 2 nitrogen and oxygen atoms in total. The SMILES string of the molecule is CCN(CC1CCNCC1)C(C)c1ccc(Br)cc1. The van der Waals surface area contributed by atoms with E-state index >= 15 is 0 Å². The number of hydrogen-bond acceptors (Lipinski definition) is 2. The number of piperidine rings is 1. The van der Waals surface area contributed by atoms with Gasteiger partial charge >= 0.3 is 0 Å². The first-order chi connectivity index (χ1) is 9.20. The third-order valence-electron chi connectivity index (χ3n) is 4.26. The molecule has 0 radical (unpaired) electrons. The second-order valence-corrected chi connectivity index (χ2v) is 6.42. The first-order valence-electron chi connectivity index (χ1n) is 7.41. The van der Waals surface area contributed by atoms with Crippen molar-refractivity contribution >= 4 is 15.9 Å². The van der Waals surface area contributed by atoms with Crippen molar-refractivity contribution in [2.45, 2.75) is 32.7 Å². The zero-order chi connectivity index (χ0) is 13.7. The van der Waals surface area contributed by atoms with Crippen LogP contribution in [0.25, 0.3) is 0 Å². The molecule has 2 rings (SSSR count). The minimum atomic E-state index is 0.507. The molecular formula is C16H25BrN2. The number of nitrogens with one attached hydrogen (secondary N) is 1. The monoisotopic (exact) mass is 324 g/mol. The third kappa shape index (κ3) is 4.30.